The molecule has 1 radical (unpaired) electrons. The normalized spacial score (nSPS) is 9.11. The summed E-state index contributed by atoms with van der Waals surface area (Å²) in [5.74, 6) is -0.233. The van der Waals surface area contributed by atoms with E-state index in [0.717, 1.165) is 13.0 Å². The first-order valence-electron chi connectivity index (χ1n) is 2.88. The monoisotopic (exact) mass is 130 g/mol. The molecule has 9 heavy (non-hydrogen) atoms. The van der Waals surface area contributed by atoms with Crippen molar-refractivity contribution in [2.24, 2.45) is 0 Å². The number of rotatable bonds is 4. The van der Waals surface area contributed by atoms with Gasteiger partial charge < -0.3 is 10.1 Å². The molecule has 0 aliphatic heterocycles. The van der Waals surface area contributed by atoms with Crippen LogP contribution in [0, 0.1) is 6.92 Å². The molecule has 0 saturated carbocycles. The number of ether oxygens (including phenoxy) is 1. The summed E-state index contributed by atoms with van der Waals surface area (Å²) >= 11 is 0. The van der Waals surface area contributed by atoms with E-state index in [1.165, 1.54) is 7.11 Å². The van der Waals surface area contributed by atoms with Crippen molar-refractivity contribution in [3.63, 3.8) is 0 Å². The highest BCUT2D eigenvalue weighted by atomic mass is 16.5. The van der Waals surface area contributed by atoms with E-state index in [1.807, 2.05) is 0 Å². The minimum absolute atomic E-state index is 0.233. The molecule has 3 nitrogen and oxygen atoms in total. The molecule has 0 aromatic heterocycles. The number of esters is 1. The predicted octanol–water partition coefficient (Wildman–Crippen LogP) is -0.0268. The van der Waals surface area contributed by atoms with E-state index < -0.39 is 0 Å². The first-order valence-corrected chi connectivity index (χ1v) is 2.88. The SMILES string of the molecule is [CH2]CCNCC(=O)OC. The lowest BCUT2D eigenvalue weighted by atomic mass is 10.5. The summed E-state index contributed by atoms with van der Waals surface area (Å²) in [4.78, 5) is 10.4. The Morgan fingerprint density at radius 1 is 1.78 bits per heavy atom. The van der Waals surface area contributed by atoms with Gasteiger partial charge in [0.25, 0.3) is 0 Å². The maximum Gasteiger partial charge on any atom is 0.319 e. The van der Waals surface area contributed by atoms with Crippen molar-refractivity contribution in [3.05, 3.63) is 6.92 Å². The van der Waals surface area contributed by atoms with Crippen LogP contribution in [-0.4, -0.2) is 26.2 Å². The van der Waals surface area contributed by atoms with Crippen molar-refractivity contribution in [2.75, 3.05) is 20.2 Å². The number of carbonyl (C=O) groups is 1. The molecule has 0 heterocycles. The summed E-state index contributed by atoms with van der Waals surface area (Å²) in [5.41, 5.74) is 0. The van der Waals surface area contributed by atoms with Gasteiger partial charge in [-0.05, 0) is 13.0 Å². The molecule has 0 saturated heterocycles. The molecular formula is C6H12NO2. The molecule has 0 rings (SSSR count). The van der Waals surface area contributed by atoms with Crippen LogP contribution in [0.15, 0.2) is 0 Å². The fourth-order valence-corrected chi connectivity index (χ4v) is 0.388. The molecule has 0 atom stereocenters. The number of carbonyl (C=O) groups excluding carboxylic acids is 1. The minimum Gasteiger partial charge on any atom is -0.468 e. The summed E-state index contributed by atoms with van der Waals surface area (Å²) in [5, 5.41) is 2.85. The maximum atomic E-state index is 10.4. The number of nitrogens with one attached hydrogen (secondary N) is 1. The van der Waals surface area contributed by atoms with Gasteiger partial charge in [-0.25, -0.2) is 0 Å². The third-order valence-electron chi connectivity index (χ3n) is 0.851. The fraction of sp³-hybridized carbons (Fsp3) is 0.667. The first-order chi connectivity index (χ1) is 4.31. The van der Waals surface area contributed by atoms with Gasteiger partial charge in [0.05, 0.1) is 13.7 Å². The van der Waals surface area contributed by atoms with Gasteiger partial charge in [0, 0.05) is 0 Å². The molecule has 0 bridgehead atoms. The quantitative estimate of drug-likeness (QED) is 0.429. The number of hydrogen-bond acceptors (Lipinski definition) is 3. The molecule has 0 aromatic carbocycles. The number of methoxy groups -OCH3 is 1. The smallest absolute Gasteiger partial charge is 0.319 e. The van der Waals surface area contributed by atoms with Crippen molar-refractivity contribution >= 4 is 5.97 Å². The van der Waals surface area contributed by atoms with E-state index in [0.29, 0.717) is 0 Å². The first kappa shape index (κ1) is 8.43. The molecule has 0 aromatic rings. The van der Waals surface area contributed by atoms with E-state index in [-0.39, 0.29) is 12.5 Å². The summed E-state index contributed by atoms with van der Waals surface area (Å²) in [6.45, 7) is 4.64. The van der Waals surface area contributed by atoms with E-state index >= 15 is 0 Å². The summed E-state index contributed by atoms with van der Waals surface area (Å²) in [6, 6.07) is 0. The molecule has 0 aliphatic rings. The van der Waals surface area contributed by atoms with Crippen LogP contribution in [-0.2, 0) is 9.53 Å². The van der Waals surface area contributed by atoms with Crippen molar-refractivity contribution in [1.29, 1.82) is 0 Å². The molecule has 0 spiro atoms. The van der Waals surface area contributed by atoms with Crippen LogP contribution in [0.2, 0.25) is 0 Å². The fourth-order valence-electron chi connectivity index (χ4n) is 0.388. The van der Waals surface area contributed by atoms with Crippen LogP contribution >= 0.6 is 0 Å². The molecule has 1 N–H and O–H groups in total. The van der Waals surface area contributed by atoms with E-state index in [9.17, 15) is 4.79 Å². The van der Waals surface area contributed by atoms with Gasteiger partial charge in [-0.15, -0.1) is 0 Å². The Morgan fingerprint density at radius 3 is 2.89 bits per heavy atom. The summed E-state index contributed by atoms with van der Waals surface area (Å²) in [6.07, 6.45) is 0.789. The second-order valence-electron chi connectivity index (χ2n) is 1.61. The van der Waals surface area contributed by atoms with Gasteiger partial charge in [-0.3, -0.25) is 4.79 Å². The lowest BCUT2D eigenvalue weighted by molar-refractivity contribution is -0.139. The Bertz CT molecular complexity index is 83.1. The van der Waals surface area contributed by atoms with Gasteiger partial charge >= 0.3 is 5.97 Å². The van der Waals surface area contributed by atoms with Crippen LogP contribution in [0.4, 0.5) is 0 Å². The Morgan fingerprint density at radius 2 is 2.44 bits per heavy atom. The predicted molar refractivity (Wildman–Crippen MR) is 34.9 cm³/mol. The van der Waals surface area contributed by atoms with Crippen LogP contribution < -0.4 is 5.32 Å². The molecule has 53 valence electrons. The van der Waals surface area contributed by atoms with E-state index in [1.54, 1.807) is 0 Å². The minimum atomic E-state index is -0.233. The Balaban J connectivity index is 2.97. The lowest BCUT2D eigenvalue weighted by Gasteiger charge is -1.98. The van der Waals surface area contributed by atoms with Crippen LogP contribution in [0.1, 0.15) is 6.42 Å². The van der Waals surface area contributed by atoms with Crippen molar-refractivity contribution < 1.29 is 9.53 Å². The maximum absolute atomic E-state index is 10.4. The highest BCUT2D eigenvalue weighted by Crippen LogP contribution is 1.71. The van der Waals surface area contributed by atoms with Crippen molar-refractivity contribution in [2.45, 2.75) is 6.42 Å². The second kappa shape index (κ2) is 5.56. The van der Waals surface area contributed by atoms with E-state index in [2.05, 4.69) is 17.0 Å². The summed E-state index contributed by atoms with van der Waals surface area (Å²) in [7, 11) is 1.37. The zero-order valence-electron chi connectivity index (χ0n) is 5.64. The van der Waals surface area contributed by atoms with Gasteiger partial charge in [0.1, 0.15) is 0 Å². The molecule has 0 fully saturated rings. The van der Waals surface area contributed by atoms with Gasteiger partial charge in [0.2, 0.25) is 0 Å². The molecular weight excluding hydrogens is 118 g/mol. The van der Waals surface area contributed by atoms with Gasteiger partial charge in [-0.1, -0.05) is 6.92 Å². The third kappa shape index (κ3) is 5.30. The molecule has 0 unspecified atom stereocenters. The van der Waals surface area contributed by atoms with Crippen molar-refractivity contribution in [1.82, 2.24) is 5.32 Å². The zero-order valence-corrected chi connectivity index (χ0v) is 5.64. The average Bonchev–Trinajstić information content (AvgIpc) is 1.89. The number of hydrogen-bond donors (Lipinski definition) is 1. The van der Waals surface area contributed by atoms with Crippen LogP contribution in [0.5, 0.6) is 0 Å². The molecule has 0 aliphatic carbocycles. The lowest BCUT2D eigenvalue weighted by Crippen LogP contribution is -2.24. The largest absolute Gasteiger partial charge is 0.468 e. The standard InChI is InChI=1S/C6H12NO2/c1-3-4-7-5-6(8)9-2/h7H,1,3-5H2,2H3. The Hall–Kier alpha value is -0.570. The van der Waals surface area contributed by atoms with Crippen LogP contribution in [0.3, 0.4) is 0 Å². The zero-order chi connectivity index (χ0) is 7.11. The third-order valence-corrected chi connectivity index (χ3v) is 0.851. The molecule has 3 heteroatoms. The molecule has 0 amide bonds. The van der Waals surface area contributed by atoms with Gasteiger partial charge in [-0.2, -0.15) is 0 Å². The highest BCUT2D eigenvalue weighted by molar-refractivity contribution is 5.71. The second-order valence-corrected chi connectivity index (χ2v) is 1.61. The average molecular weight is 130 g/mol. The summed E-state index contributed by atoms with van der Waals surface area (Å²) < 4.78 is 4.37. The highest BCUT2D eigenvalue weighted by Gasteiger charge is 1.95. The topological polar surface area (TPSA) is 38.3 Å². The van der Waals surface area contributed by atoms with Gasteiger partial charge in [0.15, 0.2) is 0 Å². The van der Waals surface area contributed by atoms with Crippen molar-refractivity contribution in [3.8, 4) is 0 Å². The Kier molecular flexibility index (Phi) is 5.21. The van der Waals surface area contributed by atoms with Crippen LogP contribution in [0.25, 0.3) is 0 Å². The van der Waals surface area contributed by atoms with E-state index in [4.69, 9.17) is 0 Å². The Labute approximate surface area is 55.4 Å².